The first-order chi connectivity index (χ1) is 12.0. The highest BCUT2D eigenvalue weighted by Gasteiger charge is 2.36. The van der Waals surface area contributed by atoms with Crippen molar-refractivity contribution in [2.24, 2.45) is 16.8 Å². The van der Waals surface area contributed by atoms with Gasteiger partial charge < -0.3 is 25.0 Å². The number of carbonyl (C=O) groups is 1. The second-order valence-corrected chi connectivity index (χ2v) is 7.17. The van der Waals surface area contributed by atoms with E-state index in [9.17, 15) is 9.90 Å². The SMILES string of the molecule is CCNC(=NCCCN1CCC(O)CC1)N1CC(C)C(C(=O)OC)C1. The number of piperidine rings is 1. The van der Waals surface area contributed by atoms with Gasteiger partial charge in [0.15, 0.2) is 5.96 Å². The highest BCUT2D eigenvalue weighted by molar-refractivity contribution is 5.82. The maximum absolute atomic E-state index is 11.9. The molecule has 2 unspecified atom stereocenters. The predicted molar refractivity (Wildman–Crippen MR) is 98.5 cm³/mol. The Balaban J connectivity index is 1.81. The lowest BCUT2D eigenvalue weighted by atomic mass is 9.99. The highest BCUT2D eigenvalue weighted by atomic mass is 16.5. The third-order valence-corrected chi connectivity index (χ3v) is 5.20. The van der Waals surface area contributed by atoms with Crippen LogP contribution in [0.1, 0.15) is 33.1 Å². The number of likely N-dealkylation sites (tertiary alicyclic amines) is 2. The van der Waals surface area contributed by atoms with Crippen molar-refractivity contribution in [2.75, 3.05) is 52.9 Å². The summed E-state index contributed by atoms with van der Waals surface area (Å²) in [5.41, 5.74) is 0. The smallest absolute Gasteiger partial charge is 0.310 e. The Bertz CT molecular complexity index is 450. The number of esters is 1. The van der Waals surface area contributed by atoms with Gasteiger partial charge in [-0.05, 0) is 38.6 Å². The lowest BCUT2D eigenvalue weighted by Gasteiger charge is -2.29. The molecule has 7 nitrogen and oxygen atoms in total. The fourth-order valence-corrected chi connectivity index (χ4v) is 3.65. The molecule has 0 aliphatic carbocycles. The topological polar surface area (TPSA) is 77.4 Å². The van der Waals surface area contributed by atoms with E-state index in [2.05, 4.69) is 29.0 Å². The number of aliphatic imine (C=N–C) groups is 1. The Hall–Kier alpha value is -1.34. The van der Waals surface area contributed by atoms with Crippen LogP contribution in [0.3, 0.4) is 0 Å². The van der Waals surface area contributed by atoms with Crippen molar-refractivity contribution < 1.29 is 14.6 Å². The van der Waals surface area contributed by atoms with Crippen LogP contribution in [0, 0.1) is 11.8 Å². The number of methoxy groups -OCH3 is 1. The Morgan fingerprint density at radius 1 is 1.32 bits per heavy atom. The largest absolute Gasteiger partial charge is 0.469 e. The van der Waals surface area contributed by atoms with E-state index < -0.39 is 0 Å². The van der Waals surface area contributed by atoms with Crippen molar-refractivity contribution in [3.63, 3.8) is 0 Å². The molecular formula is C18H34N4O3. The van der Waals surface area contributed by atoms with E-state index in [4.69, 9.17) is 9.73 Å². The molecular weight excluding hydrogens is 320 g/mol. The van der Waals surface area contributed by atoms with E-state index in [0.29, 0.717) is 6.54 Å². The van der Waals surface area contributed by atoms with Gasteiger partial charge in [-0.3, -0.25) is 9.79 Å². The summed E-state index contributed by atoms with van der Waals surface area (Å²) >= 11 is 0. The van der Waals surface area contributed by atoms with Gasteiger partial charge in [-0.25, -0.2) is 0 Å². The van der Waals surface area contributed by atoms with E-state index in [1.54, 1.807) is 0 Å². The summed E-state index contributed by atoms with van der Waals surface area (Å²) in [5.74, 6) is 0.970. The minimum atomic E-state index is -0.127. The van der Waals surface area contributed by atoms with E-state index in [0.717, 1.165) is 64.5 Å². The number of guanidine groups is 1. The molecule has 0 aromatic carbocycles. The number of ether oxygens (including phenoxy) is 1. The molecule has 0 bridgehead atoms. The number of nitrogens with one attached hydrogen (secondary N) is 1. The Labute approximate surface area is 151 Å². The van der Waals surface area contributed by atoms with Crippen LogP contribution in [-0.4, -0.2) is 85.9 Å². The maximum Gasteiger partial charge on any atom is 0.310 e. The van der Waals surface area contributed by atoms with Gasteiger partial charge >= 0.3 is 5.97 Å². The quantitative estimate of drug-likeness (QED) is 0.314. The van der Waals surface area contributed by atoms with Gasteiger partial charge in [0.05, 0.1) is 19.1 Å². The monoisotopic (exact) mass is 354 g/mol. The summed E-state index contributed by atoms with van der Waals surface area (Å²) in [4.78, 5) is 21.2. The molecule has 2 atom stereocenters. The summed E-state index contributed by atoms with van der Waals surface area (Å²) in [5, 5.41) is 12.9. The van der Waals surface area contributed by atoms with Gasteiger partial charge in [0.1, 0.15) is 0 Å². The lowest BCUT2D eigenvalue weighted by Crippen LogP contribution is -2.41. The highest BCUT2D eigenvalue weighted by Crippen LogP contribution is 2.24. The van der Waals surface area contributed by atoms with Gasteiger partial charge in [-0.15, -0.1) is 0 Å². The second-order valence-electron chi connectivity index (χ2n) is 7.17. The number of aliphatic hydroxyl groups excluding tert-OH is 1. The van der Waals surface area contributed by atoms with Crippen molar-refractivity contribution in [3.8, 4) is 0 Å². The number of rotatable bonds is 6. The second kappa shape index (κ2) is 9.97. The number of nitrogens with zero attached hydrogens (tertiary/aromatic N) is 3. The molecule has 2 N–H and O–H groups in total. The van der Waals surface area contributed by atoms with Gasteiger partial charge in [-0.2, -0.15) is 0 Å². The molecule has 7 heteroatoms. The molecule has 25 heavy (non-hydrogen) atoms. The van der Waals surface area contributed by atoms with Crippen LogP contribution in [-0.2, 0) is 9.53 Å². The Morgan fingerprint density at radius 2 is 2.04 bits per heavy atom. The van der Waals surface area contributed by atoms with Crippen molar-refractivity contribution in [2.45, 2.75) is 39.2 Å². The Morgan fingerprint density at radius 3 is 2.68 bits per heavy atom. The van der Waals surface area contributed by atoms with Gasteiger partial charge in [-0.1, -0.05) is 6.92 Å². The summed E-state index contributed by atoms with van der Waals surface area (Å²) in [6.45, 7) is 10.2. The van der Waals surface area contributed by atoms with E-state index in [1.165, 1.54) is 7.11 Å². The molecule has 2 aliphatic rings. The van der Waals surface area contributed by atoms with Crippen LogP contribution in [0.15, 0.2) is 4.99 Å². The first-order valence-electron chi connectivity index (χ1n) is 9.56. The zero-order valence-electron chi connectivity index (χ0n) is 15.9. The average Bonchev–Trinajstić information content (AvgIpc) is 3.00. The maximum atomic E-state index is 11.9. The van der Waals surface area contributed by atoms with Gasteiger partial charge in [0.2, 0.25) is 0 Å². The molecule has 0 aromatic heterocycles. The van der Waals surface area contributed by atoms with Gasteiger partial charge in [0, 0.05) is 39.3 Å². The minimum Gasteiger partial charge on any atom is -0.469 e. The number of aliphatic hydroxyl groups is 1. The van der Waals surface area contributed by atoms with Crippen LogP contribution in [0.5, 0.6) is 0 Å². The summed E-state index contributed by atoms with van der Waals surface area (Å²) < 4.78 is 4.92. The lowest BCUT2D eigenvalue weighted by molar-refractivity contribution is -0.145. The fourth-order valence-electron chi connectivity index (χ4n) is 3.65. The summed E-state index contributed by atoms with van der Waals surface area (Å²) in [7, 11) is 1.45. The van der Waals surface area contributed by atoms with Crippen LogP contribution >= 0.6 is 0 Å². The molecule has 0 radical (unpaired) electrons. The molecule has 0 spiro atoms. The van der Waals surface area contributed by atoms with E-state index in [1.807, 2.05) is 0 Å². The zero-order chi connectivity index (χ0) is 18.2. The molecule has 0 saturated carbocycles. The fraction of sp³-hybridized carbons (Fsp3) is 0.889. The molecule has 144 valence electrons. The van der Waals surface area contributed by atoms with Crippen molar-refractivity contribution >= 4 is 11.9 Å². The molecule has 0 aromatic rings. The summed E-state index contributed by atoms with van der Waals surface area (Å²) in [6, 6.07) is 0. The Kier molecular flexibility index (Phi) is 7.96. The van der Waals surface area contributed by atoms with E-state index >= 15 is 0 Å². The standard InChI is InChI=1S/C18H34N4O3/c1-4-19-18(22-12-14(2)16(13-22)17(24)25-3)20-8-5-9-21-10-6-15(23)7-11-21/h14-16,23H,4-13H2,1-3H3,(H,19,20). The molecule has 0 amide bonds. The van der Waals surface area contributed by atoms with Crippen molar-refractivity contribution in [3.05, 3.63) is 0 Å². The van der Waals surface area contributed by atoms with Crippen LogP contribution in [0.2, 0.25) is 0 Å². The molecule has 2 rings (SSSR count). The average molecular weight is 354 g/mol. The van der Waals surface area contributed by atoms with E-state index in [-0.39, 0.29) is 23.9 Å². The zero-order valence-corrected chi connectivity index (χ0v) is 15.9. The third-order valence-electron chi connectivity index (χ3n) is 5.20. The summed E-state index contributed by atoms with van der Waals surface area (Å²) in [6.07, 6.45) is 2.66. The normalized spacial score (nSPS) is 26.1. The van der Waals surface area contributed by atoms with Crippen molar-refractivity contribution in [1.29, 1.82) is 0 Å². The number of carbonyl (C=O) groups excluding carboxylic acids is 1. The van der Waals surface area contributed by atoms with Crippen LogP contribution in [0.4, 0.5) is 0 Å². The molecule has 2 fully saturated rings. The molecule has 2 aliphatic heterocycles. The first kappa shape index (κ1) is 20.0. The number of hydrogen-bond acceptors (Lipinski definition) is 5. The number of hydrogen-bond donors (Lipinski definition) is 2. The third kappa shape index (κ3) is 5.85. The first-order valence-corrected chi connectivity index (χ1v) is 9.56. The molecule has 2 saturated heterocycles. The minimum absolute atomic E-state index is 0.0753. The van der Waals surface area contributed by atoms with Crippen molar-refractivity contribution in [1.82, 2.24) is 15.1 Å². The van der Waals surface area contributed by atoms with Crippen LogP contribution < -0.4 is 5.32 Å². The predicted octanol–water partition coefficient (Wildman–Crippen LogP) is 0.540. The van der Waals surface area contributed by atoms with Gasteiger partial charge in [0.25, 0.3) is 0 Å². The molecule has 2 heterocycles. The van der Waals surface area contributed by atoms with Crippen LogP contribution in [0.25, 0.3) is 0 Å².